The van der Waals surface area contributed by atoms with Crippen LogP contribution in [0.3, 0.4) is 0 Å². The number of aromatic carboxylic acids is 1. The zero-order valence-electron chi connectivity index (χ0n) is 9.12. The minimum atomic E-state index is -0.915. The third kappa shape index (κ3) is 2.59. The molecule has 0 aromatic carbocycles. The normalized spacial score (nSPS) is 11.7. The predicted octanol–water partition coefficient (Wildman–Crippen LogP) is 2.27. The van der Waals surface area contributed by atoms with Crippen LogP contribution >= 0.6 is 15.9 Å². The topological polar surface area (TPSA) is 55.1 Å². The molecule has 1 N–H and O–H groups in total. The van der Waals surface area contributed by atoms with E-state index in [-0.39, 0.29) is 5.54 Å². The van der Waals surface area contributed by atoms with Gasteiger partial charge in [-0.2, -0.15) is 5.10 Å². The molecule has 84 valence electrons. The molecular weight excluding hydrogens is 260 g/mol. The highest BCUT2D eigenvalue weighted by molar-refractivity contribution is 9.09. The number of halogens is 1. The van der Waals surface area contributed by atoms with Crippen molar-refractivity contribution in [1.82, 2.24) is 9.78 Å². The molecule has 0 fully saturated rings. The third-order valence-electron chi connectivity index (χ3n) is 2.07. The molecule has 0 saturated carbocycles. The van der Waals surface area contributed by atoms with E-state index in [9.17, 15) is 4.79 Å². The molecule has 0 amide bonds. The minimum absolute atomic E-state index is 0.189. The molecule has 1 aromatic rings. The monoisotopic (exact) mass is 274 g/mol. The number of carboxylic acids is 1. The average Bonchev–Trinajstić information content (AvgIpc) is 2.47. The molecule has 0 atom stereocenters. The van der Waals surface area contributed by atoms with Gasteiger partial charge < -0.3 is 5.11 Å². The number of carboxylic acid groups (broad SMARTS) is 1. The number of rotatable bonds is 3. The Hall–Kier alpha value is -0.840. The Morgan fingerprint density at radius 1 is 1.60 bits per heavy atom. The van der Waals surface area contributed by atoms with Gasteiger partial charge in [-0.05, 0) is 27.2 Å². The second-order valence-corrected chi connectivity index (χ2v) is 5.12. The summed E-state index contributed by atoms with van der Waals surface area (Å²) in [4.78, 5) is 11.0. The van der Waals surface area contributed by atoms with Crippen LogP contribution in [-0.2, 0) is 12.0 Å². The maximum Gasteiger partial charge on any atom is 0.339 e. The first kappa shape index (κ1) is 12.2. The molecule has 0 saturated heterocycles. The first-order valence-corrected chi connectivity index (χ1v) is 5.86. The lowest BCUT2D eigenvalue weighted by Gasteiger charge is -2.22. The molecule has 0 bridgehead atoms. The zero-order chi connectivity index (χ0) is 11.6. The summed E-state index contributed by atoms with van der Waals surface area (Å²) in [7, 11) is 0. The van der Waals surface area contributed by atoms with Crippen LogP contribution in [0, 0.1) is 0 Å². The Balaban J connectivity index is 3.24. The predicted molar refractivity (Wildman–Crippen MR) is 61.7 cm³/mol. The SMILES string of the molecule is CC(C)(C)n1ncc(C(=O)O)c1CCBr. The van der Waals surface area contributed by atoms with Gasteiger partial charge in [0, 0.05) is 5.33 Å². The average molecular weight is 275 g/mol. The van der Waals surface area contributed by atoms with E-state index in [2.05, 4.69) is 21.0 Å². The highest BCUT2D eigenvalue weighted by Gasteiger charge is 2.23. The molecule has 1 aromatic heterocycles. The number of hydrogen-bond donors (Lipinski definition) is 1. The maximum atomic E-state index is 11.0. The van der Waals surface area contributed by atoms with Crippen LogP contribution < -0.4 is 0 Å². The summed E-state index contributed by atoms with van der Waals surface area (Å²) in [5, 5.41) is 13.9. The molecule has 1 heterocycles. The Bertz CT molecular complexity index is 366. The summed E-state index contributed by atoms with van der Waals surface area (Å²) in [5.41, 5.74) is 0.877. The van der Waals surface area contributed by atoms with E-state index in [0.29, 0.717) is 12.0 Å². The Morgan fingerprint density at radius 2 is 2.20 bits per heavy atom. The van der Waals surface area contributed by atoms with Crippen molar-refractivity contribution in [3.8, 4) is 0 Å². The lowest BCUT2D eigenvalue weighted by Crippen LogP contribution is -2.26. The number of aromatic nitrogens is 2. The van der Waals surface area contributed by atoms with Crippen molar-refractivity contribution < 1.29 is 9.90 Å². The number of alkyl halides is 1. The van der Waals surface area contributed by atoms with Crippen LogP contribution in [-0.4, -0.2) is 26.2 Å². The van der Waals surface area contributed by atoms with Gasteiger partial charge >= 0.3 is 5.97 Å². The van der Waals surface area contributed by atoms with Gasteiger partial charge in [0.05, 0.1) is 17.4 Å². The van der Waals surface area contributed by atoms with Crippen molar-refractivity contribution in [2.45, 2.75) is 32.7 Å². The van der Waals surface area contributed by atoms with E-state index in [0.717, 1.165) is 11.0 Å². The quantitative estimate of drug-likeness (QED) is 0.861. The molecule has 5 heteroatoms. The van der Waals surface area contributed by atoms with E-state index in [4.69, 9.17) is 5.11 Å². The van der Waals surface area contributed by atoms with Crippen LogP contribution in [0.1, 0.15) is 36.8 Å². The fourth-order valence-electron chi connectivity index (χ4n) is 1.46. The Morgan fingerprint density at radius 3 is 2.60 bits per heavy atom. The second kappa shape index (κ2) is 4.35. The number of nitrogens with zero attached hydrogens (tertiary/aromatic N) is 2. The van der Waals surface area contributed by atoms with Crippen LogP contribution in [0.15, 0.2) is 6.20 Å². The van der Waals surface area contributed by atoms with Crippen molar-refractivity contribution in [3.63, 3.8) is 0 Å². The lowest BCUT2D eigenvalue weighted by molar-refractivity contribution is 0.0695. The zero-order valence-corrected chi connectivity index (χ0v) is 10.7. The highest BCUT2D eigenvalue weighted by Crippen LogP contribution is 2.20. The third-order valence-corrected chi connectivity index (χ3v) is 2.46. The Kier molecular flexibility index (Phi) is 3.54. The first-order chi connectivity index (χ1) is 6.88. The fourth-order valence-corrected chi connectivity index (χ4v) is 1.84. The number of hydrogen-bond acceptors (Lipinski definition) is 2. The fraction of sp³-hybridized carbons (Fsp3) is 0.600. The van der Waals surface area contributed by atoms with Crippen molar-refractivity contribution in [2.75, 3.05) is 5.33 Å². The molecule has 0 aliphatic carbocycles. The highest BCUT2D eigenvalue weighted by atomic mass is 79.9. The molecule has 1 rings (SSSR count). The van der Waals surface area contributed by atoms with Gasteiger partial charge in [-0.15, -0.1) is 0 Å². The molecule has 0 radical (unpaired) electrons. The maximum absolute atomic E-state index is 11.0. The van der Waals surface area contributed by atoms with Crippen LogP contribution in [0.4, 0.5) is 0 Å². The van der Waals surface area contributed by atoms with Gasteiger partial charge in [0.15, 0.2) is 0 Å². The smallest absolute Gasteiger partial charge is 0.339 e. The van der Waals surface area contributed by atoms with Gasteiger partial charge in [0.2, 0.25) is 0 Å². The van der Waals surface area contributed by atoms with E-state index in [1.807, 2.05) is 20.8 Å². The summed E-state index contributed by atoms with van der Waals surface area (Å²) < 4.78 is 1.78. The summed E-state index contributed by atoms with van der Waals surface area (Å²) in [6, 6.07) is 0. The molecule has 15 heavy (non-hydrogen) atoms. The molecule has 0 unspecified atom stereocenters. The van der Waals surface area contributed by atoms with Crippen LogP contribution in [0.2, 0.25) is 0 Å². The first-order valence-electron chi connectivity index (χ1n) is 4.74. The van der Waals surface area contributed by atoms with E-state index >= 15 is 0 Å². The molecule has 0 aliphatic rings. The van der Waals surface area contributed by atoms with Crippen LogP contribution in [0.5, 0.6) is 0 Å². The van der Waals surface area contributed by atoms with E-state index in [1.54, 1.807) is 4.68 Å². The second-order valence-electron chi connectivity index (χ2n) is 4.33. The number of carbonyl (C=O) groups is 1. The summed E-state index contributed by atoms with van der Waals surface area (Å²) in [6.07, 6.45) is 2.09. The standard InChI is InChI=1S/C10H15BrN2O2/c1-10(2,3)13-8(4-5-11)7(6-12-13)9(14)15/h6H,4-5H2,1-3H3,(H,14,15). The molecular formula is C10H15BrN2O2. The summed E-state index contributed by atoms with van der Waals surface area (Å²) >= 11 is 3.32. The van der Waals surface area contributed by atoms with Crippen molar-refractivity contribution in [2.24, 2.45) is 0 Å². The Labute approximate surface area is 97.4 Å². The van der Waals surface area contributed by atoms with Gasteiger partial charge in [-0.25, -0.2) is 4.79 Å². The molecule has 0 spiro atoms. The largest absolute Gasteiger partial charge is 0.478 e. The van der Waals surface area contributed by atoms with Gasteiger partial charge in [-0.3, -0.25) is 4.68 Å². The van der Waals surface area contributed by atoms with E-state index < -0.39 is 5.97 Å². The summed E-state index contributed by atoms with van der Waals surface area (Å²) in [6.45, 7) is 6.01. The van der Waals surface area contributed by atoms with Crippen molar-refractivity contribution >= 4 is 21.9 Å². The van der Waals surface area contributed by atoms with Gasteiger partial charge in [-0.1, -0.05) is 15.9 Å². The van der Waals surface area contributed by atoms with Crippen molar-refractivity contribution in [1.29, 1.82) is 0 Å². The minimum Gasteiger partial charge on any atom is -0.478 e. The van der Waals surface area contributed by atoms with Gasteiger partial charge in [0.1, 0.15) is 5.56 Å². The molecule has 0 aliphatic heterocycles. The van der Waals surface area contributed by atoms with Crippen LogP contribution in [0.25, 0.3) is 0 Å². The van der Waals surface area contributed by atoms with Crippen molar-refractivity contribution in [3.05, 3.63) is 17.5 Å². The summed E-state index contributed by atoms with van der Waals surface area (Å²) in [5.74, 6) is -0.915. The van der Waals surface area contributed by atoms with E-state index in [1.165, 1.54) is 6.20 Å². The lowest BCUT2D eigenvalue weighted by atomic mass is 10.1. The molecule has 4 nitrogen and oxygen atoms in total. The van der Waals surface area contributed by atoms with Gasteiger partial charge in [0.25, 0.3) is 0 Å².